The number of hydrogen-bond donors (Lipinski definition) is 0. The summed E-state index contributed by atoms with van der Waals surface area (Å²) in [6, 6.07) is 17.2. The lowest BCUT2D eigenvalue weighted by atomic mass is 9.68. The third kappa shape index (κ3) is 4.74. The molecule has 5 rings (SSSR count). The summed E-state index contributed by atoms with van der Waals surface area (Å²) in [6.07, 6.45) is 12.0. The van der Waals surface area contributed by atoms with E-state index in [2.05, 4.69) is 68.8 Å². The first-order chi connectivity index (χ1) is 15.2. The van der Waals surface area contributed by atoms with Crippen molar-refractivity contribution in [2.24, 2.45) is 10.4 Å². The molecule has 3 nitrogen and oxygen atoms in total. The molecule has 0 amide bonds. The Hall–Kier alpha value is -2.46. The highest BCUT2D eigenvalue weighted by Gasteiger charge is 2.35. The second-order valence-corrected chi connectivity index (χ2v) is 10.3. The lowest BCUT2D eigenvalue weighted by molar-refractivity contribution is 0.144. The monoisotopic (exact) mass is 429 g/mol. The number of hydrogen-bond acceptors (Lipinski definition) is 4. The molecule has 2 aromatic carbocycles. The maximum Gasteiger partial charge on any atom is 0.0901 e. The molecule has 160 valence electrons. The van der Waals surface area contributed by atoms with E-state index < -0.39 is 0 Å². The van der Waals surface area contributed by atoms with Crippen molar-refractivity contribution in [3.05, 3.63) is 64.5 Å². The van der Waals surface area contributed by atoms with E-state index in [4.69, 9.17) is 0 Å². The van der Waals surface area contributed by atoms with E-state index in [9.17, 15) is 0 Å². The van der Waals surface area contributed by atoms with E-state index in [1.807, 2.05) is 13.1 Å². The highest BCUT2D eigenvalue weighted by molar-refractivity contribution is 7.09. The predicted molar refractivity (Wildman–Crippen MR) is 133 cm³/mol. The highest BCUT2D eigenvalue weighted by atomic mass is 32.1. The van der Waals surface area contributed by atoms with E-state index in [-0.39, 0.29) is 0 Å². The normalized spacial score (nSPS) is 18.7. The number of nitrogens with zero attached hydrogens (tertiary/aromatic N) is 3. The summed E-state index contributed by atoms with van der Waals surface area (Å²) in [4.78, 5) is 11.8. The van der Waals surface area contributed by atoms with Crippen LogP contribution in [0, 0.1) is 12.3 Å². The molecule has 4 heteroatoms. The number of aromatic nitrogens is 1. The first-order valence-electron chi connectivity index (χ1n) is 11.6. The number of thiazole rings is 1. The summed E-state index contributed by atoms with van der Waals surface area (Å²) in [5.74, 6) is 0. The molecule has 2 aliphatic rings. The highest BCUT2D eigenvalue weighted by Crippen LogP contribution is 2.45. The van der Waals surface area contributed by atoms with Crippen molar-refractivity contribution in [2.45, 2.75) is 51.9 Å². The molecule has 3 aromatic rings. The molecule has 2 fully saturated rings. The lowest BCUT2D eigenvalue weighted by Gasteiger charge is -2.45. The summed E-state index contributed by atoms with van der Waals surface area (Å²) in [7, 11) is 0. The Labute approximate surface area is 189 Å². The summed E-state index contributed by atoms with van der Waals surface area (Å²) < 4.78 is 0. The molecule has 31 heavy (non-hydrogen) atoms. The smallest absolute Gasteiger partial charge is 0.0901 e. The van der Waals surface area contributed by atoms with Crippen LogP contribution in [0.5, 0.6) is 0 Å². The maximum absolute atomic E-state index is 4.66. The van der Waals surface area contributed by atoms with Crippen LogP contribution in [0.1, 0.15) is 55.5 Å². The van der Waals surface area contributed by atoms with Gasteiger partial charge in [-0.3, -0.25) is 4.99 Å². The van der Waals surface area contributed by atoms with Crippen molar-refractivity contribution >= 4 is 28.9 Å². The summed E-state index contributed by atoms with van der Waals surface area (Å²) in [5, 5.41) is 3.20. The Morgan fingerprint density at radius 2 is 1.61 bits per heavy atom. The van der Waals surface area contributed by atoms with E-state index in [0.29, 0.717) is 5.41 Å². The van der Waals surface area contributed by atoms with Gasteiger partial charge in [-0.25, -0.2) is 4.98 Å². The third-order valence-corrected chi connectivity index (χ3v) is 7.91. The minimum Gasteiger partial charge on any atom is -0.371 e. The Kier molecular flexibility index (Phi) is 5.91. The van der Waals surface area contributed by atoms with Gasteiger partial charge in [-0.2, -0.15) is 0 Å². The first-order valence-corrected chi connectivity index (χ1v) is 12.5. The SMILES string of the molecule is Cc1nc(-c2ccc(N=Cc3ccc(N4CCC5(CCCCC5)CC4)cc3)cc2)cs1. The van der Waals surface area contributed by atoms with Gasteiger partial charge in [0.25, 0.3) is 0 Å². The van der Waals surface area contributed by atoms with Crippen molar-refractivity contribution in [2.75, 3.05) is 18.0 Å². The van der Waals surface area contributed by atoms with Crippen molar-refractivity contribution in [1.29, 1.82) is 0 Å². The topological polar surface area (TPSA) is 28.5 Å². The fourth-order valence-electron chi connectivity index (χ4n) is 5.18. The Morgan fingerprint density at radius 1 is 0.903 bits per heavy atom. The van der Waals surface area contributed by atoms with Gasteiger partial charge in [0.05, 0.1) is 16.4 Å². The number of rotatable bonds is 4. The van der Waals surface area contributed by atoms with E-state index in [1.54, 1.807) is 11.3 Å². The number of benzene rings is 2. The average molecular weight is 430 g/mol. The van der Waals surface area contributed by atoms with Crippen molar-refractivity contribution < 1.29 is 0 Å². The Bertz CT molecular complexity index is 1020. The van der Waals surface area contributed by atoms with Crippen LogP contribution >= 0.6 is 11.3 Å². The molecule has 1 saturated heterocycles. The quantitative estimate of drug-likeness (QED) is 0.404. The van der Waals surface area contributed by atoms with Crippen LogP contribution in [0.2, 0.25) is 0 Å². The third-order valence-electron chi connectivity index (χ3n) is 7.14. The van der Waals surface area contributed by atoms with Crippen LogP contribution in [-0.4, -0.2) is 24.3 Å². The summed E-state index contributed by atoms with van der Waals surface area (Å²) in [6.45, 7) is 4.45. The fourth-order valence-corrected chi connectivity index (χ4v) is 5.80. The lowest BCUT2D eigenvalue weighted by Crippen LogP contribution is -2.41. The minimum atomic E-state index is 0.662. The molecular formula is C27H31N3S. The van der Waals surface area contributed by atoms with Crippen LogP contribution in [0.3, 0.4) is 0 Å². The zero-order valence-electron chi connectivity index (χ0n) is 18.4. The second-order valence-electron chi connectivity index (χ2n) is 9.20. The van der Waals surface area contributed by atoms with Gasteiger partial charge >= 0.3 is 0 Å². The van der Waals surface area contributed by atoms with E-state index in [1.165, 1.54) is 63.7 Å². The number of anilines is 1. The molecule has 1 aliphatic heterocycles. The van der Waals surface area contributed by atoms with Gasteiger partial charge in [0.1, 0.15) is 0 Å². The Morgan fingerprint density at radius 3 is 2.26 bits per heavy atom. The first kappa shape index (κ1) is 20.4. The molecule has 1 aromatic heterocycles. The molecule has 2 heterocycles. The standard InChI is InChI=1S/C27H31N3S/c1-21-29-26(20-31-21)23-7-9-24(10-8-23)28-19-22-5-11-25(12-6-22)30-17-15-27(16-18-30)13-3-2-4-14-27/h5-12,19-20H,2-4,13-18H2,1H3. The van der Waals surface area contributed by atoms with E-state index in [0.717, 1.165) is 27.5 Å². The molecule has 0 radical (unpaired) electrons. The second kappa shape index (κ2) is 8.96. The number of aliphatic imine (C=N–C) groups is 1. The average Bonchev–Trinajstić information content (AvgIpc) is 3.26. The van der Waals surface area contributed by atoms with Crippen molar-refractivity contribution in [3.8, 4) is 11.3 Å². The van der Waals surface area contributed by atoms with Gasteiger partial charge < -0.3 is 4.90 Å². The van der Waals surface area contributed by atoms with Gasteiger partial charge in [0.15, 0.2) is 0 Å². The summed E-state index contributed by atoms with van der Waals surface area (Å²) in [5.41, 5.74) is 6.31. The van der Waals surface area contributed by atoms with Crippen LogP contribution < -0.4 is 4.90 Å². The molecule has 0 bridgehead atoms. The van der Waals surface area contributed by atoms with Crippen LogP contribution in [0.4, 0.5) is 11.4 Å². The van der Waals surface area contributed by atoms with Crippen molar-refractivity contribution in [3.63, 3.8) is 0 Å². The Balaban J connectivity index is 1.19. The number of piperidine rings is 1. The largest absolute Gasteiger partial charge is 0.371 e. The van der Waals surface area contributed by atoms with Crippen LogP contribution in [-0.2, 0) is 0 Å². The minimum absolute atomic E-state index is 0.662. The van der Waals surface area contributed by atoms with Gasteiger partial charge in [-0.1, -0.05) is 43.5 Å². The van der Waals surface area contributed by atoms with E-state index >= 15 is 0 Å². The van der Waals surface area contributed by atoms with Crippen LogP contribution in [0.25, 0.3) is 11.3 Å². The molecule has 1 saturated carbocycles. The van der Waals surface area contributed by atoms with Crippen molar-refractivity contribution in [1.82, 2.24) is 4.98 Å². The predicted octanol–water partition coefficient (Wildman–Crippen LogP) is 7.42. The molecule has 0 unspecified atom stereocenters. The molecule has 0 N–H and O–H groups in total. The molecule has 0 atom stereocenters. The maximum atomic E-state index is 4.66. The summed E-state index contributed by atoms with van der Waals surface area (Å²) >= 11 is 1.68. The number of aryl methyl sites for hydroxylation is 1. The zero-order chi connectivity index (χ0) is 21.1. The zero-order valence-corrected chi connectivity index (χ0v) is 19.2. The molecular weight excluding hydrogens is 398 g/mol. The van der Waals surface area contributed by atoms with Gasteiger partial charge in [0.2, 0.25) is 0 Å². The fraction of sp³-hybridized carbons (Fsp3) is 0.407. The van der Waals surface area contributed by atoms with Gasteiger partial charge in [-0.05, 0) is 67.9 Å². The molecule has 1 spiro atoms. The van der Waals surface area contributed by atoms with Gasteiger partial charge in [0, 0.05) is 35.9 Å². The molecule has 1 aliphatic carbocycles. The van der Waals surface area contributed by atoms with Gasteiger partial charge in [-0.15, -0.1) is 11.3 Å². The van der Waals surface area contributed by atoms with Crippen LogP contribution in [0.15, 0.2) is 58.9 Å².